The molecule has 20 heteroatoms. The second kappa shape index (κ2) is 15.8. The molecule has 12 aliphatic rings. The molecule has 0 radical (unpaired) electrons. The lowest BCUT2D eigenvalue weighted by atomic mass is 9.78. The number of aromatic hydroxyl groups is 2. The first-order valence-electron chi connectivity index (χ1n) is 26.5. The maximum absolute atomic E-state index is 13.6. The maximum atomic E-state index is 13.6. The zero-order chi connectivity index (χ0) is 51.5. The highest BCUT2D eigenvalue weighted by Gasteiger charge is 2.95. The Bertz CT molecular complexity index is 3080. The maximum Gasteiger partial charge on any atom is 0.277 e. The quantitative estimate of drug-likeness (QED) is 0.138. The summed E-state index contributed by atoms with van der Waals surface area (Å²) in [5.41, 5.74) is 1.80. The number of carbonyl (C=O) groups is 2. The van der Waals surface area contributed by atoms with Crippen LogP contribution in [0.5, 0.6) is 34.5 Å². The molecule has 2 N–H and O–H groups in total. The minimum Gasteiger partial charge on any atom is -0.506 e. The summed E-state index contributed by atoms with van der Waals surface area (Å²) in [6.07, 6.45) is 2.53. The van der Waals surface area contributed by atoms with Crippen LogP contribution in [-0.4, -0.2) is 148 Å². The van der Waals surface area contributed by atoms with Crippen molar-refractivity contribution in [3.8, 4) is 34.5 Å². The van der Waals surface area contributed by atoms with E-state index in [0.29, 0.717) is 120 Å². The molecule has 0 amide bonds. The van der Waals surface area contributed by atoms with Crippen LogP contribution >= 0.6 is 0 Å². The van der Waals surface area contributed by atoms with Crippen LogP contribution in [0.25, 0.3) is 21.5 Å². The number of methoxy groups -OCH3 is 2. The predicted molar refractivity (Wildman–Crippen MR) is 257 cm³/mol. The molecular formula is C56H56O20. The van der Waals surface area contributed by atoms with Crippen LogP contribution in [0.1, 0.15) is 105 Å². The third kappa shape index (κ3) is 5.41. The fraction of sp³-hybridized carbons (Fsp3) is 0.571. The van der Waals surface area contributed by atoms with Crippen molar-refractivity contribution in [3.05, 3.63) is 68.8 Å². The number of Topliss-reactive ketones (excluding diaryl/α,β-unsaturated/α-hetero) is 2. The molecule has 4 aromatic rings. The van der Waals surface area contributed by atoms with Crippen LogP contribution in [0, 0.1) is 13.8 Å². The van der Waals surface area contributed by atoms with Gasteiger partial charge in [-0.05, 0) is 75.6 Å². The lowest BCUT2D eigenvalue weighted by molar-refractivity contribution is -0.366. The molecule has 400 valence electrons. The SMILES string of the molecule is COc1c2c(c(O)c3c4c(c(C)cc13)C1OC3(C5OCCCO5)OC1[C@@](OC/C=C\CO[C@@]15Oc6c(c(C)cc7c(OC)c8c(c(O)c67)C(=O)CCC8)C6OC(C7OCCCO7)(OC61)[C@]51CO1)(O4)[C@@]31CO1)C(=O)CCC2. The second-order valence-electron chi connectivity index (χ2n) is 21.9. The van der Waals surface area contributed by atoms with Crippen LogP contribution in [0.4, 0.5) is 0 Å². The molecule has 10 heterocycles. The van der Waals surface area contributed by atoms with E-state index in [0.717, 1.165) is 11.1 Å². The van der Waals surface area contributed by atoms with Gasteiger partial charge in [0.05, 0.1) is 89.0 Å². The number of hydrogen-bond acceptors (Lipinski definition) is 20. The number of phenols is 2. The van der Waals surface area contributed by atoms with Gasteiger partial charge in [0.15, 0.2) is 23.8 Å². The van der Waals surface area contributed by atoms with Crippen molar-refractivity contribution in [2.24, 2.45) is 0 Å². The highest BCUT2D eigenvalue weighted by molar-refractivity contribution is 6.13. The molecule has 6 unspecified atom stereocenters. The Hall–Kier alpha value is -5.20. The van der Waals surface area contributed by atoms with E-state index in [9.17, 15) is 19.8 Å². The molecule has 8 fully saturated rings. The molecule has 10 atom stereocenters. The number of epoxide rings is 2. The molecule has 76 heavy (non-hydrogen) atoms. The number of aryl methyl sites for hydroxylation is 2. The first-order valence-corrected chi connectivity index (χ1v) is 26.5. The van der Waals surface area contributed by atoms with Crippen molar-refractivity contribution in [2.45, 2.75) is 137 Å². The van der Waals surface area contributed by atoms with E-state index in [1.165, 1.54) is 0 Å². The van der Waals surface area contributed by atoms with E-state index in [1.807, 2.05) is 26.0 Å². The lowest BCUT2D eigenvalue weighted by Gasteiger charge is -2.50. The van der Waals surface area contributed by atoms with Crippen molar-refractivity contribution < 1.29 is 95.6 Å². The summed E-state index contributed by atoms with van der Waals surface area (Å²) >= 11 is 0. The molecule has 2 aliphatic carbocycles. The van der Waals surface area contributed by atoms with Gasteiger partial charge in [0, 0.05) is 45.9 Å². The summed E-state index contributed by atoms with van der Waals surface area (Å²) in [6, 6.07) is 3.86. The van der Waals surface area contributed by atoms with E-state index in [4.69, 9.17) is 75.8 Å². The van der Waals surface area contributed by atoms with Gasteiger partial charge in [0.1, 0.15) is 46.7 Å². The second-order valence-corrected chi connectivity index (χ2v) is 21.9. The lowest BCUT2D eigenvalue weighted by Crippen LogP contribution is -2.70. The number of phenolic OH excluding ortho intramolecular Hbond substituents is 2. The molecule has 10 aliphatic heterocycles. The van der Waals surface area contributed by atoms with Crippen LogP contribution in [0.3, 0.4) is 0 Å². The van der Waals surface area contributed by atoms with Gasteiger partial charge in [-0.2, -0.15) is 0 Å². The van der Waals surface area contributed by atoms with Gasteiger partial charge in [0.2, 0.25) is 23.8 Å². The normalized spacial score (nSPS) is 37.2. The summed E-state index contributed by atoms with van der Waals surface area (Å²) < 4.78 is 106. The Balaban J connectivity index is 0.772. The van der Waals surface area contributed by atoms with Crippen molar-refractivity contribution in [3.63, 3.8) is 0 Å². The summed E-state index contributed by atoms with van der Waals surface area (Å²) in [7, 11) is 3.13. The van der Waals surface area contributed by atoms with Gasteiger partial charge in [0.25, 0.3) is 23.1 Å². The smallest absolute Gasteiger partial charge is 0.277 e. The summed E-state index contributed by atoms with van der Waals surface area (Å²) in [5, 5.41) is 26.2. The highest BCUT2D eigenvalue weighted by Crippen LogP contribution is 2.74. The summed E-state index contributed by atoms with van der Waals surface area (Å²) in [5.74, 6) is -5.79. The number of fused-ring (bicyclic) bond motifs is 16. The molecule has 8 saturated heterocycles. The van der Waals surface area contributed by atoms with Gasteiger partial charge in [-0.1, -0.05) is 12.2 Å². The van der Waals surface area contributed by atoms with Gasteiger partial charge in [-0.15, -0.1) is 0 Å². The third-order valence-corrected chi connectivity index (χ3v) is 18.2. The molecule has 0 saturated carbocycles. The van der Waals surface area contributed by atoms with Crippen LogP contribution < -0.4 is 18.9 Å². The Kier molecular flexibility index (Phi) is 9.72. The largest absolute Gasteiger partial charge is 0.506 e. The standard InChI is InChI=1S/C56H56O20/c1-25-21-29-37(39(59)35-27(41(29)61-3)11-7-13-31(35)57)43-33(25)45-47-53(71-43,51(23-69-51)55(73-45,75-47)49-63-15-9-16-64-49)67-19-5-6-20-68-54-48-46(74-56(76-48,52(54)24-70-52)50-65-17-10-18-66-50)34-26(2)22-30-38(44(34)72-54)40(60)36-28(42(30)62-4)12-8-14-32(36)58/h5-6,21-22,45-50,59-60H,7-20,23-24H2,1-4H3/b6-5-/t45?,46?,47?,48?,51-,52-,53+,54+,55?,56?/m0/s1. The average Bonchev–Trinajstić information content (AvgIpc) is 4.44. The molecule has 20 nitrogen and oxygen atoms in total. The van der Waals surface area contributed by atoms with Gasteiger partial charge >= 0.3 is 0 Å². The van der Waals surface area contributed by atoms with Crippen LogP contribution in [0.2, 0.25) is 0 Å². The number of benzene rings is 4. The van der Waals surface area contributed by atoms with Crippen molar-refractivity contribution in [2.75, 3.05) is 67.1 Å². The number of ketones is 2. The summed E-state index contributed by atoms with van der Waals surface area (Å²) in [6.45, 7) is 5.57. The topological polar surface area (TPSA) is 229 Å². The van der Waals surface area contributed by atoms with Gasteiger partial charge in [-0.3, -0.25) is 9.59 Å². The fourth-order valence-electron chi connectivity index (χ4n) is 14.9. The monoisotopic (exact) mass is 1050 g/mol. The first kappa shape index (κ1) is 46.9. The third-order valence-electron chi connectivity index (χ3n) is 18.2. The van der Waals surface area contributed by atoms with Crippen molar-refractivity contribution in [1.82, 2.24) is 0 Å². The van der Waals surface area contributed by atoms with E-state index in [1.54, 1.807) is 26.4 Å². The van der Waals surface area contributed by atoms with Gasteiger partial charge in [-0.25, -0.2) is 0 Å². The molecule has 4 bridgehead atoms. The van der Waals surface area contributed by atoms with Gasteiger partial charge < -0.3 is 86.0 Å². The number of ether oxygens (including phenoxy) is 16. The van der Waals surface area contributed by atoms with Crippen LogP contribution in [-0.2, 0) is 69.7 Å². The fourth-order valence-corrected chi connectivity index (χ4v) is 14.9. The average molecular weight is 1050 g/mol. The zero-order valence-electron chi connectivity index (χ0n) is 42.3. The molecular weight excluding hydrogens is 993 g/mol. The van der Waals surface area contributed by atoms with E-state index >= 15 is 0 Å². The predicted octanol–water partition coefficient (Wildman–Crippen LogP) is 5.94. The van der Waals surface area contributed by atoms with Crippen molar-refractivity contribution in [1.29, 1.82) is 0 Å². The van der Waals surface area contributed by atoms with E-state index in [2.05, 4.69) is 0 Å². The molecule has 2 spiro atoms. The summed E-state index contributed by atoms with van der Waals surface area (Å²) in [4.78, 5) is 27.2. The zero-order valence-corrected chi connectivity index (χ0v) is 42.3. The highest BCUT2D eigenvalue weighted by atomic mass is 16.9. The Morgan fingerprint density at radius 1 is 0.592 bits per heavy atom. The van der Waals surface area contributed by atoms with E-state index in [-0.39, 0.29) is 85.0 Å². The van der Waals surface area contributed by atoms with Crippen molar-refractivity contribution >= 4 is 33.1 Å². The molecule has 16 rings (SSSR count). The van der Waals surface area contributed by atoms with E-state index < -0.39 is 71.3 Å². The number of hydrogen-bond donors (Lipinski definition) is 2. The Morgan fingerprint density at radius 3 is 1.38 bits per heavy atom. The Morgan fingerprint density at radius 2 is 1.00 bits per heavy atom. The Labute approximate surface area is 434 Å². The molecule has 4 aromatic carbocycles. The first-order chi connectivity index (χ1) is 36.9. The number of carbonyl (C=O) groups excluding carboxylic acids is 2. The minimum absolute atomic E-state index is 0.0693. The van der Waals surface area contributed by atoms with Crippen LogP contribution in [0.15, 0.2) is 24.3 Å². The molecule has 0 aromatic heterocycles. The minimum atomic E-state index is -1.70. The number of rotatable bonds is 10.